The summed E-state index contributed by atoms with van der Waals surface area (Å²) < 4.78 is 52.8. The highest BCUT2D eigenvalue weighted by Gasteiger charge is 2.47. The van der Waals surface area contributed by atoms with Gasteiger partial charge in [-0.05, 0) is 97.0 Å². The molecule has 0 saturated carbocycles. The van der Waals surface area contributed by atoms with Gasteiger partial charge >= 0.3 is 16.4 Å². The smallest absolute Gasteiger partial charge is 0.397 e. The third-order valence-corrected chi connectivity index (χ3v) is 14.3. The predicted octanol–water partition coefficient (Wildman–Crippen LogP) is 0.218. The number of nitrogens with zero attached hydrogens (tertiary/aromatic N) is 2. The molecule has 2 aliphatic rings. The molecular formula is C47H75BrN8O16S. The number of methoxy groups -OCH3 is 2. The first-order valence-corrected chi connectivity index (χ1v) is 26.6. The number of hydrogen-bond acceptors (Lipinski definition) is 16. The SMILES string of the molecule is CC[C@@H](C)[C@H]1C(=O)N(C)[C@@H](Cc2ccc(OC)c(Br)c2)C(=O)N[C@@H]([C@@H](C)CC)C(=O)O[C@@H](C)[C@H](NC(=O)[C@@H](NC(=O)[C@@H](COS(=O)(=O)O)OC)C(C)C)C(=O)N[C@@H](CCCCN)C(=O)N[C@H]2CC[C@@H](O)N1C2=O. The molecule has 1 aromatic carbocycles. The molecule has 73 heavy (non-hydrogen) atoms. The van der Waals surface area contributed by atoms with Gasteiger partial charge in [0.05, 0.1) is 11.6 Å². The Bertz CT molecular complexity index is 2220. The summed E-state index contributed by atoms with van der Waals surface area (Å²) in [5.41, 5.74) is 6.34. The molecule has 3 rings (SSSR count). The zero-order valence-corrected chi connectivity index (χ0v) is 45.6. The lowest BCUT2D eigenvalue weighted by atomic mass is 9.91. The van der Waals surface area contributed by atoms with Crippen LogP contribution in [0.15, 0.2) is 22.7 Å². The van der Waals surface area contributed by atoms with Gasteiger partial charge < -0.3 is 61.4 Å². The van der Waals surface area contributed by atoms with E-state index in [9.17, 15) is 47.1 Å². The molecule has 7 amide bonds. The van der Waals surface area contributed by atoms with Crippen LogP contribution in [-0.4, -0.2) is 170 Å². The lowest BCUT2D eigenvalue weighted by Crippen LogP contribution is -2.66. The molecule has 2 bridgehead atoms. The van der Waals surface area contributed by atoms with Crippen molar-refractivity contribution in [1.29, 1.82) is 0 Å². The zero-order chi connectivity index (χ0) is 55.1. The number of nitrogens with two attached hydrogens (primary N) is 1. The fourth-order valence-corrected chi connectivity index (χ4v) is 9.29. The van der Waals surface area contributed by atoms with Crippen LogP contribution in [0.5, 0.6) is 5.75 Å². The summed E-state index contributed by atoms with van der Waals surface area (Å²) in [5.74, 6) is -8.75. The maximum absolute atomic E-state index is 15.0. The lowest BCUT2D eigenvalue weighted by Gasteiger charge is -2.44. The van der Waals surface area contributed by atoms with Crippen LogP contribution in [0, 0.1) is 17.8 Å². The van der Waals surface area contributed by atoms with E-state index >= 15 is 4.79 Å². The van der Waals surface area contributed by atoms with Crippen LogP contribution in [0.4, 0.5) is 0 Å². The van der Waals surface area contributed by atoms with E-state index < -0.39 is 143 Å². The molecule has 0 unspecified atom stereocenters. The number of likely N-dealkylation sites (N-methyl/N-ethyl adjacent to an activating group) is 1. The van der Waals surface area contributed by atoms with Crippen LogP contribution in [0.3, 0.4) is 0 Å². The van der Waals surface area contributed by atoms with E-state index in [1.165, 1.54) is 39.8 Å². The van der Waals surface area contributed by atoms with Gasteiger partial charge in [-0.25, -0.2) is 8.98 Å². The number of unbranched alkanes of at least 4 members (excludes halogenated alkanes) is 1. The number of fused-ring (bicyclic) bond motifs is 2. The van der Waals surface area contributed by atoms with Gasteiger partial charge in [0.2, 0.25) is 35.4 Å². The molecule has 24 nitrogen and oxygen atoms in total. The molecule has 2 heterocycles. The van der Waals surface area contributed by atoms with Crippen molar-refractivity contribution in [3.8, 4) is 5.75 Å². The number of rotatable bonds is 20. The first-order valence-electron chi connectivity index (χ1n) is 24.4. The topological polar surface area (TPSA) is 341 Å². The van der Waals surface area contributed by atoms with E-state index in [0.717, 1.165) is 12.0 Å². The molecule has 12 atom stereocenters. The minimum atomic E-state index is -4.99. The minimum Gasteiger partial charge on any atom is -0.496 e. The third kappa shape index (κ3) is 17.3. The molecule has 0 aliphatic carbocycles. The number of cyclic esters (lactones) is 1. The number of esters is 1. The Balaban J connectivity index is 2.27. The second-order valence-corrected chi connectivity index (χ2v) is 20.8. The molecule has 0 spiro atoms. The van der Waals surface area contributed by atoms with Crippen molar-refractivity contribution in [2.45, 2.75) is 161 Å². The average molecular weight is 1120 g/mol. The number of aliphatic hydroxyl groups excluding tert-OH is 1. The summed E-state index contributed by atoms with van der Waals surface area (Å²) >= 11 is 3.47. The highest BCUT2D eigenvalue weighted by molar-refractivity contribution is 9.10. The number of aliphatic hydroxyl groups is 1. The van der Waals surface area contributed by atoms with Crippen molar-refractivity contribution in [3.05, 3.63) is 28.2 Å². The van der Waals surface area contributed by atoms with Gasteiger partial charge in [0.15, 0.2) is 6.10 Å². The molecule has 2 saturated heterocycles. The van der Waals surface area contributed by atoms with E-state index in [0.29, 0.717) is 41.5 Å². The number of carbonyl (C=O) groups excluding carboxylic acids is 8. The number of nitrogens with one attached hydrogen (secondary N) is 5. The monoisotopic (exact) mass is 1120 g/mol. The molecule has 9 N–H and O–H groups in total. The van der Waals surface area contributed by atoms with Gasteiger partial charge in [-0.15, -0.1) is 0 Å². The number of ether oxygens (including phenoxy) is 3. The Labute approximate surface area is 435 Å². The normalized spacial score (nSPS) is 25.7. The standard InChI is InChI=1S/C47H75BrN8O16S/c1-11-25(5)37-47(65)72-27(7)38(54-43(61)36(24(3)4)52-42(60)34(70-10)23-71-73(66,67)68)44(62)50-30(15-13-14-20-49)40(58)51-31-17-19-35(57)56(45(31)63)39(26(6)12-2)46(64)55(8)32(41(59)53-37)22-28-16-18-33(69-9)29(48)21-28/h16,18,21,24-27,30-32,34-39,57H,11-15,17,19-20,22-23,49H2,1-10H3,(H,50,62)(H,51,58)(H,52,60)(H,53,59)(H,54,61)(H,66,67,68)/t25-,26+,27-,30-,31-,32-,34+,35+,36-,37-,38-,39-/m0/s1. The van der Waals surface area contributed by atoms with Gasteiger partial charge in [0, 0.05) is 20.6 Å². The molecule has 412 valence electrons. The molecule has 0 aromatic heterocycles. The fourth-order valence-electron chi connectivity index (χ4n) is 8.41. The molecule has 26 heteroatoms. The van der Waals surface area contributed by atoms with E-state index in [-0.39, 0.29) is 32.2 Å². The van der Waals surface area contributed by atoms with Crippen LogP contribution in [-0.2, 0) is 68.8 Å². The van der Waals surface area contributed by atoms with Crippen molar-refractivity contribution < 1.29 is 74.8 Å². The van der Waals surface area contributed by atoms with Crippen molar-refractivity contribution in [2.24, 2.45) is 23.5 Å². The molecule has 2 fully saturated rings. The van der Waals surface area contributed by atoms with Gasteiger partial charge in [-0.2, -0.15) is 8.42 Å². The third-order valence-electron chi connectivity index (χ3n) is 13.3. The van der Waals surface area contributed by atoms with Crippen LogP contribution in [0.1, 0.15) is 99.0 Å². The highest BCUT2D eigenvalue weighted by Crippen LogP contribution is 2.30. The van der Waals surface area contributed by atoms with Crippen LogP contribution < -0.4 is 37.1 Å². The van der Waals surface area contributed by atoms with Gasteiger partial charge in [-0.3, -0.25) is 38.1 Å². The summed E-state index contributed by atoms with van der Waals surface area (Å²) in [6, 6.07) is -5.08. The van der Waals surface area contributed by atoms with E-state index in [4.69, 9.17) is 24.5 Å². The van der Waals surface area contributed by atoms with Crippen molar-refractivity contribution >= 4 is 73.6 Å². The molecule has 2 aliphatic heterocycles. The lowest BCUT2D eigenvalue weighted by molar-refractivity contribution is -0.168. The number of benzene rings is 1. The Morgan fingerprint density at radius 3 is 2.15 bits per heavy atom. The van der Waals surface area contributed by atoms with Gasteiger partial charge in [0.25, 0.3) is 5.91 Å². The summed E-state index contributed by atoms with van der Waals surface area (Å²) in [6.07, 6.45) is -3.62. The van der Waals surface area contributed by atoms with Crippen molar-refractivity contribution in [2.75, 3.05) is 34.4 Å². The predicted molar refractivity (Wildman–Crippen MR) is 267 cm³/mol. The number of amides is 7. The number of piperidine rings is 1. The maximum atomic E-state index is 15.0. The number of hydrogen-bond donors (Lipinski definition) is 8. The first-order chi connectivity index (χ1) is 34.2. The average Bonchev–Trinajstić information content (AvgIpc) is 3.33. The number of halogens is 1. The number of carbonyl (C=O) groups is 8. The van der Waals surface area contributed by atoms with E-state index in [1.54, 1.807) is 45.9 Å². The van der Waals surface area contributed by atoms with Crippen LogP contribution in [0.25, 0.3) is 0 Å². The van der Waals surface area contributed by atoms with Gasteiger partial charge in [-0.1, -0.05) is 60.5 Å². The van der Waals surface area contributed by atoms with Crippen molar-refractivity contribution in [3.63, 3.8) is 0 Å². The first kappa shape index (κ1) is 62.3. The quantitative estimate of drug-likeness (QED) is 0.0492. The van der Waals surface area contributed by atoms with Gasteiger partial charge in [0.1, 0.15) is 67.0 Å². The largest absolute Gasteiger partial charge is 0.496 e. The maximum Gasteiger partial charge on any atom is 0.397 e. The molecular weight excluding hydrogens is 1040 g/mol. The highest BCUT2D eigenvalue weighted by atomic mass is 79.9. The Kier molecular flexibility index (Phi) is 24.4. The van der Waals surface area contributed by atoms with Crippen molar-refractivity contribution in [1.82, 2.24) is 36.4 Å². The fraction of sp³-hybridized carbons (Fsp3) is 0.702. The summed E-state index contributed by atoms with van der Waals surface area (Å²) in [4.78, 5) is 118. The summed E-state index contributed by atoms with van der Waals surface area (Å²) in [7, 11) is -1.08. The second-order valence-electron chi connectivity index (χ2n) is 18.8. The van der Waals surface area contributed by atoms with E-state index in [1.807, 2.05) is 0 Å². The molecule has 1 aromatic rings. The zero-order valence-electron chi connectivity index (χ0n) is 43.2. The second kappa shape index (κ2) is 28.6. The summed E-state index contributed by atoms with van der Waals surface area (Å²) in [6.45, 7) is 10.5. The molecule has 0 radical (unpaired) electrons. The van der Waals surface area contributed by atoms with Crippen LogP contribution >= 0.6 is 15.9 Å². The van der Waals surface area contributed by atoms with Crippen LogP contribution in [0.2, 0.25) is 0 Å². The minimum absolute atomic E-state index is 0.0291. The Morgan fingerprint density at radius 1 is 0.932 bits per heavy atom. The Morgan fingerprint density at radius 2 is 1.59 bits per heavy atom. The summed E-state index contributed by atoms with van der Waals surface area (Å²) in [5, 5.41) is 24.6. The van der Waals surface area contributed by atoms with E-state index in [2.05, 4.69) is 46.7 Å². The Hall–Kier alpha value is -4.99.